The van der Waals surface area contributed by atoms with E-state index >= 15 is 0 Å². The van der Waals surface area contributed by atoms with Gasteiger partial charge in [0.05, 0.1) is 12.1 Å². The largest absolute Gasteiger partial charge is 0.491 e. The number of benzene rings is 1. The number of hydrogen-bond donors (Lipinski definition) is 1. The molecule has 1 heterocycles. The molecule has 0 saturated heterocycles. The Bertz CT molecular complexity index is 563. The number of hydrogen-bond acceptors (Lipinski definition) is 3. The second-order valence-corrected chi connectivity index (χ2v) is 5.30. The summed E-state index contributed by atoms with van der Waals surface area (Å²) in [5.41, 5.74) is 1.18. The third-order valence-corrected chi connectivity index (χ3v) is 3.32. The fourth-order valence-electron chi connectivity index (χ4n) is 2.45. The minimum absolute atomic E-state index is 0.0839. The van der Waals surface area contributed by atoms with E-state index in [1.165, 1.54) is 5.56 Å². The van der Waals surface area contributed by atoms with Crippen LogP contribution < -0.4 is 10.1 Å². The van der Waals surface area contributed by atoms with Crippen LogP contribution in [-0.4, -0.2) is 22.2 Å². The van der Waals surface area contributed by atoms with E-state index < -0.39 is 0 Å². The van der Waals surface area contributed by atoms with Gasteiger partial charge in [-0.15, -0.1) is 0 Å². The van der Waals surface area contributed by atoms with Crippen molar-refractivity contribution in [1.29, 1.82) is 0 Å². The summed E-state index contributed by atoms with van der Waals surface area (Å²) in [7, 11) is 0. The summed E-state index contributed by atoms with van der Waals surface area (Å²) in [5.74, 6) is 1.95. The molecule has 0 bridgehead atoms. The molecular weight excluding hydrogens is 262 g/mol. The molecule has 4 heteroatoms. The zero-order valence-electron chi connectivity index (χ0n) is 13.3. The number of aryl methyl sites for hydroxylation is 1. The minimum atomic E-state index is 0.0839. The highest BCUT2D eigenvalue weighted by atomic mass is 16.5. The number of nitrogens with zero attached hydrogens (tertiary/aromatic N) is 2. The second kappa shape index (κ2) is 7.27. The lowest BCUT2D eigenvalue weighted by Gasteiger charge is -2.20. The first-order valence-electron chi connectivity index (χ1n) is 7.66. The molecule has 1 atom stereocenters. The predicted octanol–water partition coefficient (Wildman–Crippen LogP) is 3.39. The molecule has 1 aromatic carbocycles. The molecule has 0 aliphatic carbocycles. The highest BCUT2D eigenvalue weighted by molar-refractivity contribution is 5.33. The molecule has 4 nitrogen and oxygen atoms in total. The highest BCUT2D eigenvalue weighted by Crippen LogP contribution is 2.25. The zero-order chi connectivity index (χ0) is 15.2. The summed E-state index contributed by atoms with van der Waals surface area (Å²) in [6, 6.07) is 8.34. The molecule has 0 aliphatic heterocycles. The molecule has 2 aromatic rings. The van der Waals surface area contributed by atoms with E-state index in [0.29, 0.717) is 0 Å². The van der Waals surface area contributed by atoms with E-state index in [9.17, 15) is 0 Å². The van der Waals surface area contributed by atoms with Crippen LogP contribution in [0.4, 0.5) is 0 Å². The fourth-order valence-corrected chi connectivity index (χ4v) is 2.45. The van der Waals surface area contributed by atoms with Crippen molar-refractivity contribution in [2.45, 2.75) is 46.4 Å². The van der Waals surface area contributed by atoms with E-state index in [2.05, 4.69) is 40.8 Å². The fraction of sp³-hybridized carbons (Fsp3) is 0.471. The van der Waals surface area contributed by atoms with E-state index in [1.807, 2.05) is 38.4 Å². The van der Waals surface area contributed by atoms with E-state index in [0.717, 1.165) is 24.7 Å². The summed E-state index contributed by atoms with van der Waals surface area (Å²) in [6.07, 6.45) is 4.06. The topological polar surface area (TPSA) is 39.1 Å². The Morgan fingerprint density at radius 3 is 2.76 bits per heavy atom. The van der Waals surface area contributed by atoms with Gasteiger partial charge in [0.2, 0.25) is 0 Å². The van der Waals surface area contributed by atoms with Crippen LogP contribution >= 0.6 is 0 Å². The molecule has 114 valence electrons. The zero-order valence-corrected chi connectivity index (χ0v) is 13.3. The van der Waals surface area contributed by atoms with Crippen molar-refractivity contribution in [3.8, 4) is 5.75 Å². The molecular formula is C17H25N3O. The molecule has 0 aliphatic rings. The summed E-state index contributed by atoms with van der Waals surface area (Å²) >= 11 is 0. The lowest BCUT2D eigenvalue weighted by atomic mass is 10.1. The molecule has 21 heavy (non-hydrogen) atoms. The van der Waals surface area contributed by atoms with E-state index in [-0.39, 0.29) is 12.1 Å². The van der Waals surface area contributed by atoms with Crippen LogP contribution in [-0.2, 0) is 6.54 Å². The third-order valence-electron chi connectivity index (χ3n) is 3.32. The van der Waals surface area contributed by atoms with Crippen molar-refractivity contribution in [2.75, 3.05) is 6.54 Å². The first-order chi connectivity index (χ1) is 10.2. The van der Waals surface area contributed by atoms with E-state index in [4.69, 9.17) is 4.74 Å². The van der Waals surface area contributed by atoms with Crippen LogP contribution in [0.1, 0.15) is 45.1 Å². The van der Waals surface area contributed by atoms with Gasteiger partial charge in [-0.05, 0) is 45.0 Å². The molecule has 0 spiro atoms. The first kappa shape index (κ1) is 15.6. The van der Waals surface area contributed by atoms with Gasteiger partial charge in [-0.1, -0.05) is 19.1 Å². The maximum Gasteiger partial charge on any atom is 0.130 e. The van der Waals surface area contributed by atoms with Crippen LogP contribution in [0.3, 0.4) is 0 Å². The number of ether oxygens (including phenoxy) is 1. The van der Waals surface area contributed by atoms with Gasteiger partial charge >= 0.3 is 0 Å². The van der Waals surface area contributed by atoms with Crippen molar-refractivity contribution < 1.29 is 4.74 Å². The average molecular weight is 287 g/mol. The maximum absolute atomic E-state index is 5.80. The van der Waals surface area contributed by atoms with Crippen molar-refractivity contribution >= 4 is 0 Å². The van der Waals surface area contributed by atoms with Crippen molar-refractivity contribution in [1.82, 2.24) is 14.9 Å². The number of aromatic nitrogens is 2. The Morgan fingerprint density at radius 2 is 2.10 bits per heavy atom. The van der Waals surface area contributed by atoms with E-state index in [1.54, 1.807) is 0 Å². The van der Waals surface area contributed by atoms with Crippen LogP contribution in [0.2, 0.25) is 0 Å². The Morgan fingerprint density at radius 1 is 1.29 bits per heavy atom. The van der Waals surface area contributed by atoms with Crippen LogP contribution in [0.15, 0.2) is 36.7 Å². The second-order valence-electron chi connectivity index (χ2n) is 5.30. The Kier molecular flexibility index (Phi) is 5.39. The molecule has 1 unspecified atom stereocenters. The quantitative estimate of drug-likeness (QED) is 0.848. The minimum Gasteiger partial charge on any atom is -0.491 e. The molecule has 1 aromatic heterocycles. The summed E-state index contributed by atoms with van der Waals surface area (Å²) in [6.45, 7) is 10.1. The molecule has 2 rings (SSSR count). The van der Waals surface area contributed by atoms with Gasteiger partial charge in [-0.3, -0.25) is 0 Å². The van der Waals surface area contributed by atoms with Crippen molar-refractivity contribution in [3.63, 3.8) is 0 Å². The van der Waals surface area contributed by atoms with Crippen LogP contribution in [0.25, 0.3) is 0 Å². The number of rotatable bonds is 7. The normalized spacial score (nSPS) is 12.6. The molecule has 1 N–H and O–H groups in total. The van der Waals surface area contributed by atoms with Gasteiger partial charge in [-0.2, -0.15) is 0 Å². The van der Waals surface area contributed by atoms with Gasteiger partial charge in [0.15, 0.2) is 0 Å². The summed E-state index contributed by atoms with van der Waals surface area (Å²) in [4.78, 5) is 4.53. The number of imidazole rings is 1. The molecule has 0 fully saturated rings. The Balaban J connectivity index is 2.34. The maximum atomic E-state index is 5.80. The molecule has 0 amide bonds. The molecule has 0 saturated carbocycles. The predicted molar refractivity (Wildman–Crippen MR) is 85.6 cm³/mol. The Labute approximate surface area is 127 Å². The van der Waals surface area contributed by atoms with Crippen LogP contribution in [0, 0.1) is 0 Å². The monoisotopic (exact) mass is 287 g/mol. The van der Waals surface area contributed by atoms with Gasteiger partial charge in [-0.25, -0.2) is 4.98 Å². The standard InChI is InChI=1S/C17H25N3O/c1-5-18-16(17-19-10-11-20(17)6-2)14-8-7-9-15(12-14)21-13(3)4/h7-13,16,18H,5-6H2,1-4H3. The first-order valence-corrected chi connectivity index (χ1v) is 7.66. The lowest BCUT2D eigenvalue weighted by Crippen LogP contribution is -2.25. The van der Waals surface area contributed by atoms with Gasteiger partial charge in [0, 0.05) is 18.9 Å². The van der Waals surface area contributed by atoms with Crippen molar-refractivity contribution in [3.05, 3.63) is 48.0 Å². The SMILES string of the molecule is CCNC(c1cccc(OC(C)C)c1)c1nccn1CC. The summed E-state index contributed by atoms with van der Waals surface area (Å²) < 4.78 is 7.97. The van der Waals surface area contributed by atoms with Gasteiger partial charge in [0.1, 0.15) is 11.6 Å². The lowest BCUT2D eigenvalue weighted by molar-refractivity contribution is 0.242. The third kappa shape index (κ3) is 3.85. The Hall–Kier alpha value is -1.81. The van der Waals surface area contributed by atoms with Gasteiger partial charge < -0.3 is 14.6 Å². The number of nitrogens with one attached hydrogen (secondary N) is 1. The van der Waals surface area contributed by atoms with Gasteiger partial charge in [0.25, 0.3) is 0 Å². The van der Waals surface area contributed by atoms with Crippen LogP contribution in [0.5, 0.6) is 5.75 Å². The van der Waals surface area contributed by atoms with Crippen molar-refractivity contribution in [2.24, 2.45) is 0 Å². The molecule has 0 radical (unpaired) electrons. The average Bonchev–Trinajstić information content (AvgIpc) is 2.92. The summed E-state index contributed by atoms with van der Waals surface area (Å²) in [5, 5.41) is 3.52. The smallest absolute Gasteiger partial charge is 0.130 e. The highest BCUT2D eigenvalue weighted by Gasteiger charge is 2.18.